The van der Waals surface area contributed by atoms with Gasteiger partial charge in [0.2, 0.25) is 5.91 Å². The molecule has 1 amide bonds. The Morgan fingerprint density at radius 2 is 1.31 bits per heavy atom. The van der Waals surface area contributed by atoms with Gasteiger partial charge in [-0.2, -0.15) is 0 Å². The molecule has 3 nitrogen and oxygen atoms in total. The van der Waals surface area contributed by atoms with Crippen molar-refractivity contribution in [1.82, 2.24) is 5.32 Å². The number of benzene rings is 3. The fraction of sp³-hybridized carbons (Fsp3) is 0.208. The lowest BCUT2D eigenvalue weighted by atomic mass is 10.1. The van der Waals surface area contributed by atoms with Crippen LogP contribution in [0.15, 0.2) is 91.0 Å². The number of hydrogen-bond acceptors (Lipinski definition) is 2. The first-order valence-electron chi connectivity index (χ1n) is 9.53. The number of hydrogen-bond donors (Lipinski definition) is 2. The summed E-state index contributed by atoms with van der Waals surface area (Å²) in [5.74, 6) is -0.0326. The maximum Gasteiger partial charge on any atom is 0.221 e. The minimum absolute atomic E-state index is 0. The fourth-order valence-electron chi connectivity index (χ4n) is 3.37. The lowest BCUT2D eigenvalue weighted by molar-refractivity contribution is -0.122. The summed E-state index contributed by atoms with van der Waals surface area (Å²) in [4.78, 5) is 12.8. The van der Waals surface area contributed by atoms with Crippen LogP contribution in [0.5, 0.6) is 0 Å². The van der Waals surface area contributed by atoms with Crippen molar-refractivity contribution in [3.8, 4) is 0 Å². The lowest BCUT2D eigenvalue weighted by Gasteiger charge is -2.26. The molecule has 0 fully saturated rings. The summed E-state index contributed by atoms with van der Waals surface area (Å²) in [5, 5.41) is 15.2. The Morgan fingerprint density at radius 1 is 0.862 bits per heavy atom. The van der Waals surface area contributed by atoms with Crippen LogP contribution in [0.25, 0.3) is 0 Å². The van der Waals surface area contributed by atoms with Crippen LogP contribution >= 0.6 is 7.92 Å². The molecule has 3 rings (SSSR count). The molecule has 150 valence electrons. The highest BCUT2D eigenvalue weighted by atomic mass is 31.1. The number of nitrogens with one attached hydrogen (secondary N) is 1. The molecule has 3 aromatic carbocycles. The molecule has 0 aliphatic carbocycles. The van der Waals surface area contributed by atoms with Crippen molar-refractivity contribution >= 4 is 32.9 Å². The number of carbonyl (C=O) groups is 1. The van der Waals surface area contributed by atoms with Crippen LogP contribution in [-0.2, 0) is 4.79 Å². The van der Waals surface area contributed by atoms with Gasteiger partial charge in [0.05, 0.1) is 21.1 Å². The normalized spacial score (nSPS) is 12.7. The summed E-state index contributed by atoms with van der Waals surface area (Å²) in [6.45, 7) is 2.03. The predicted molar refractivity (Wildman–Crippen MR) is 128 cm³/mol. The van der Waals surface area contributed by atoms with Crippen LogP contribution in [0.1, 0.15) is 24.9 Å². The highest BCUT2D eigenvalue weighted by molar-refractivity contribution is 7.73. The second-order valence-electron chi connectivity index (χ2n) is 6.81. The highest BCUT2D eigenvalue weighted by Crippen LogP contribution is 2.40. The molecule has 0 aromatic heterocycles. The number of aliphatic hydroxyl groups is 1. The predicted octanol–water partition coefficient (Wildman–Crippen LogP) is 2.56. The Bertz CT molecular complexity index is 822. The van der Waals surface area contributed by atoms with Gasteiger partial charge in [-0.05, 0) is 29.8 Å². The van der Waals surface area contributed by atoms with Crippen LogP contribution in [0.2, 0.25) is 0 Å². The van der Waals surface area contributed by atoms with Gasteiger partial charge >= 0.3 is 0 Å². The van der Waals surface area contributed by atoms with E-state index in [1.165, 1.54) is 10.6 Å². The van der Waals surface area contributed by atoms with Crippen molar-refractivity contribution in [1.29, 1.82) is 0 Å². The maximum atomic E-state index is 12.8. The van der Waals surface area contributed by atoms with Gasteiger partial charge in [0, 0.05) is 6.42 Å². The van der Waals surface area contributed by atoms with Gasteiger partial charge < -0.3 is 10.4 Å². The largest absolute Gasteiger partial charge is 0.394 e. The second-order valence-corrected chi connectivity index (χ2v) is 9.46. The van der Waals surface area contributed by atoms with Gasteiger partial charge in [0.25, 0.3) is 0 Å². The van der Waals surface area contributed by atoms with Crippen LogP contribution in [0, 0.1) is 0 Å². The van der Waals surface area contributed by atoms with Crippen molar-refractivity contribution in [3.63, 3.8) is 0 Å². The molecule has 0 radical (unpaired) electrons. The maximum absolute atomic E-state index is 12.8. The van der Waals surface area contributed by atoms with Crippen LogP contribution in [0.4, 0.5) is 0 Å². The molecule has 0 unspecified atom stereocenters. The summed E-state index contributed by atoms with van der Waals surface area (Å²) in [6, 6.07) is 30.1. The summed E-state index contributed by atoms with van der Waals surface area (Å²) < 4.78 is 0. The molecule has 0 aliphatic rings. The number of aliphatic hydroxyl groups excluding tert-OH is 1. The fourth-order valence-corrected chi connectivity index (χ4v) is 6.02. The first-order chi connectivity index (χ1) is 13.7. The van der Waals surface area contributed by atoms with Gasteiger partial charge in [0.15, 0.2) is 0 Å². The smallest absolute Gasteiger partial charge is 0.221 e. The van der Waals surface area contributed by atoms with E-state index in [1.807, 2.05) is 42.5 Å². The molecule has 0 aliphatic heterocycles. The molecule has 0 spiro atoms. The SMILES string of the molecule is B.C[C@@H](CC(=O)N[C@@H](CO)c1ccccc1)P(c1ccccc1)c1ccccc1. The van der Waals surface area contributed by atoms with Crippen molar-refractivity contribution in [2.24, 2.45) is 0 Å². The van der Waals surface area contributed by atoms with Crippen LogP contribution in [-0.4, -0.2) is 31.7 Å². The van der Waals surface area contributed by atoms with E-state index in [4.69, 9.17) is 0 Å². The topological polar surface area (TPSA) is 49.3 Å². The first kappa shape index (κ1) is 22.9. The van der Waals surface area contributed by atoms with E-state index in [9.17, 15) is 9.90 Å². The van der Waals surface area contributed by atoms with E-state index >= 15 is 0 Å². The molecule has 0 saturated heterocycles. The average Bonchev–Trinajstić information content (AvgIpc) is 2.74. The lowest BCUT2D eigenvalue weighted by Crippen LogP contribution is -2.33. The Hall–Kier alpha value is -2.42. The van der Waals surface area contributed by atoms with E-state index in [0.717, 1.165) is 5.56 Å². The van der Waals surface area contributed by atoms with Gasteiger partial charge in [-0.3, -0.25) is 4.79 Å². The van der Waals surface area contributed by atoms with Gasteiger partial charge in [-0.15, -0.1) is 0 Å². The molecule has 0 saturated carbocycles. The molecular formula is C24H29BNO2P. The van der Waals surface area contributed by atoms with Gasteiger partial charge in [-0.25, -0.2) is 0 Å². The Morgan fingerprint density at radius 3 is 1.76 bits per heavy atom. The molecule has 0 heterocycles. The van der Waals surface area contributed by atoms with E-state index in [0.29, 0.717) is 6.42 Å². The molecule has 2 N–H and O–H groups in total. The zero-order valence-corrected chi connectivity index (χ0v) is 16.9. The quantitative estimate of drug-likeness (QED) is 0.447. The zero-order chi connectivity index (χ0) is 19.8. The van der Waals surface area contributed by atoms with E-state index in [2.05, 4.69) is 60.8 Å². The summed E-state index contributed by atoms with van der Waals surface area (Å²) in [7, 11) is -0.651. The van der Waals surface area contributed by atoms with Crippen molar-refractivity contribution < 1.29 is 9.90 Å². The van der Waals surface area contributed by atoms with Crippen molar-refractivity contribution in [2.45, 2.75) is 25.0 Å². The molecule has 29 heavy (non-hydrogen) atoms. The van der Waals surface area contributed by atoms with Crippen molar-refractivity contribution in [3.05, 3.63) is 96.6 Å². The third-order valence-electron chi connectivity index (χ3n) is 4.71. The van der Waals surface area contributed by atoms with Gasteiger partial charge in [-0.1, -0.05) is 97.9 Å². The number of amides is 1. The molecule has 2 atom stereocenters. The average molecular weight is 405 g/mol. The number of rotatable bonds is 8. The van der Waals surface area contributed by atoms with E-state index in [1.54, 1.807) is 0 Å². The molecule has 0 bridgehead atoms. The first-order valence-corrected chi connectivity index (χ1v) is 10.9. The zero-order valence-electron chi connectivity index (χ0n) is 16.0. The Balaban J connectivity index is 0.00000300. The summed E-state index contributed by atoms with van der Waals surface area (Å²) >= 11 is 0. The highest BCUT2D eigenvalue weighted by Gasteiger charge is 2.24. The molecule has 5 heteroatoms. The number of carbonyl (C=O) groups excluding carboxylic acids is 1. The van der Waals surface area contributed by atoms with E-state index < -0.39 is 7.92 Å². The van der Waals surface area contributed by atoms with E-state index in [-0.39, 0.29) is 32.6 Å². The Kier molecular flexibility index (Phi) is 9.11. The molecular weight excluding hydrogens is 376 g/mol. The van der Waals surface area contributed by atoms with Crippen molar-refractivity contribution in [2.75, 3.05) is 6.61 Å². The van der Waals surface area contributed by atoms with Crippen LogP contribution < -0.4 is 15.9 Å². The third kappa shape index (κ3) is 6.29. The Labute approximate surface area is 176 Å². The minimum Gasteiger partial charge on any atom is -0.394 e. The monoisotopic (exact) mass is 405 g/mol. The molecule has 3 aromatic rings. The minimum atomic E-state index is -0.651. The van der Waals surface area contributed by atoms with Gasteiger partial charge in [0.1, 0.15) is 0 Å². The summed E-state index contributed by atoms with van der Waals surface area (Å²) in [5.41, 5.74) is 1.09. The standard InChI is InChI=1S/C24H26NO2P.BH3/c1-19(17-24(27)25-23(18-26)20-11-5-2-6-12-20)28(21-13-7-3-8-14-21)22-15-9-4-10-16-22;/h2-16,19,23,26H,17-18H2,1H3,(H,25,27);1H3/t19-,23-;/m0./s1. The third-order valence-corrected chi connectivity index (χ3v) is 7.48. The summed E-state index contributed by atoms with van der Waals surface area (Å²) in [6.07, 6.45) is 0.416. The van der Waals surface area contributed by atoms with Crippen LogP contribution in [0.3, 0.4) is 0 Å². The second kappa shape index (κ2) is 11.6.